The van der Waals surface area contributed by atoms with Crippen LogP contribution in [0.15, 0.2) is 41.5 Å². The van der Waals surface area contributed by atoms with Gasteiger partial charge in [-0.25, -0.2) is 9.80 Å². The normalized spacial score (nSPS) is 18.1. The van der Waals surface area contributed by atoms with Crippen molar-refractivity contribution in [3.63, 3.8) is 0 Å². The van der Waals surface area contributed by atoms with Crippen molar-refractivity contribution in [1.29, 1.82) is 0 Å². The zero-order valence-corrected chi connectivity index (χ0v) is 20.9. The maximum Gasteiger partial charge on any atom is 0.337 e. The predicted octanol–water partition coefficient (Wildman–Crippen LogP) is 4.10. The van der Waals surface area contributed by atoms with Gasteiger partial charge < -0.3 is 20.1 Å². The first-order valence-electron chi connectivity index (χ1n) is 12.2. The Morgan fingerprint density at radius 3 is 2.29 bits per heavy atom. The number of hydrogen-bond donors (Lipinski definition) is 2. The fraction of sp³-hybridized carbons (Fsp3) is 0.444. The molecule has 4 rings (SSSR count). The van der Waals surface area contributed by atoms with Crippen LogP contribution in [0.5, 0.6) is 11.5 Å². The zero-order chi connectivity index (χ0) is 24.9. The van der Waals surface area contributed by atoms with Crippen molar-refractivity contribution in [1.82, 2.24) is 15.6 Å². The lowest BCUT2D eigenvalue weighted by molar-refractivity contribution is 0.0927. The third kappa shape index (κ3) is 5.26. The summed E-state index contributed by atoms with van der Waals surface area (Å²) < 4.78 is 11.1. The summed E-state index contributed by atoms with van der Waals surface area (Å²) in [6.07, 6.45) is 6.24. The Kier molecular flexibility index (Phi) is 7.58. The van der Waals surface area contributed by atoms with Crippen LogP contribution in [-0.2, 0) is 6.42 Å². The highest BCUT2D eigenvalue weighted by molar-refractivity contribution is 6.15. The number of hydrazone groups is 1. The lowest BCUT2D eigenvalue weighted by Crippen LogP contribution is -2.41. The molecule has 186 valence electrons. The van der Waals surface area contributed by atoms with Crippen LogP contribution in [0.1, 0.15) is 66.1 Å². The molecule has 0 saturated heterocycles. The number of hydrogen-bond acceptors (Lipinski definition) is 5. The maximum absolute atomic E-state index is 12.8. The third-order valence-corrected chi connectivity index (χ3v) is 6.79. The molecular formula is C27H34N4O4. The number of methoxy groups -OCH3 is 2. The van der Waals surface area contributed by atoms with Gasteiger partial charge >= 0.3 is 6.03 Å². The van der Waals surface area contributed by atoms with Crippen molar-refractivity contribution in [2.75, 3.05) is 21.3 Å². The SMILES string of the molecule is CNC(=O)N1N=C(c2ccc(C(=O)NC3CCCCC3)cc2)c2cc(OC)c(OC)cc2CC1C. The average molecular weight is 479 g/mol. The molecule has 1 aliphatic heterocycles. The summed E-state index contributed by atoms with van der Waals surface area (Å²) in [5.41, 5.74) is 3.90. The van der Waals surface area contributed by atoms with E-state index in [4.69, 9.17) is 14.6 Å². The number of nitrogens with one attached hydrogen (secondary N) is 2. The van der Waals surface area contributed by atoms with Crippen LogP contribution in [0.25, 0.3) is 0 Å². The van der Waals surface area contributed by atoms with Gasteiger partial charge in [-0.15, -0.1) is 0 Å². The predicted molar refractivity (Wildman–Crippen MR) is 135 cm³/mol. The van der Waals surface area contributed by atoms with Crippen molar-refractivity contribution >= 4 is 17.6 Å². The van der Waals surface area contributed by atoms with Crippen LogP contribution in [0.4, 0.5) is 4.79 Å². The van der Waals surface area contributed by atoms with Gasteiger partial charge in [0.25, 0.3) is 5.91 Å². The van der Waals surface area contributed by atoms with E-state index in [9.17, 15) is 9.59 Å². The second-order valence-electron chi connectivity index (χ2n) is 9.15. The molecule has 1 saturated carbocycles. The molecule has 35 heavy (non-hydrogen) atoms. The Morgan fingerprint density at radius 1 is 1.00 bits per heavy atom. The van der Waals surface area contributed by atoms with Gasteiger partial charge in [0.1, 0.15) is 0 Å². The molecule has 1 atom stereocenters. The Morgan fingerprint density at radius 2 is 1.66 bits per heavy atom. The standard InChI is InChI=1S/C27H34N4O4/c1-17-14-20-15-23(34-3)24(35-4)16-22(20)25(30-31(17)27(33)28-2)18-10-12-19(13-11-18)26(32)29-21-8-6-5-7-9-21/h10-13,15-17,21H,5-9,14H2,1-4H3,(H,28,33)(H,29,32). The molecular weight excluding hydrogens is 444 g/mol. The fourth-order valence-corrected chi connectivity index (χ4v) is 4.84. The summed E-state index contributed by atoms with van der Waals surface area (Å²) in [6, 6.07) is 11.0. The molecule has 2 N–H and O–H groups in total. The van der Waals surface area contributed by atoms with Crippen molar-refractivity contribution < 1.29 is 19.1 Å². The molecule has 8 nitrogen and oxygen atoms in total. The average Bonchev–Trinajstić information content (AvgIpc) is 3.03. The second kappa shape index (κ2) is 10.8. The topological polar surface area (TPSA) is 92.3 Å². The highest BCUT2D eigenvalue weighted by atomic mass is 16.5. The molecule has 2 aromatic rings. The van der Waals surface area contributed by atoms with Gasteiger partial charge in [0.05, 0.1) is 26.0 Å². The molecule has 2 aromatic carbocycles. The van der Waals surface area contributed by atoms with Gasteiger partial charge in [-0.1, -0.05) is 31.4 Å². The van der Waals surface area contributed by atoms with Crippen LogP contribution >= 0.6 is 0 Å². The smallest absolute Gasteiger partial charge is 0.337 e. The first-order valence-corrected chi connectivity index (χ1v) is 12.2. The monoisotopic (exact) mass is 478 g/mol. The number of fused-ring (bicyclic) bond motifs is 1. The molecule has 1 fully saturated rings. The molecule has 0 aromatic heterocycles. The van der Waals surface area contributed by atoms with Crippen LogP contribution in [0.2, 0.25) is 0 Å². The Bertz CT molecular complexity index is 1110. The summed E-state index contributed by atoms with van der Waals surface area (Å²) in [6.45, 7) is 1.96. The maximum atomic E-state index is 12.8. The lowest BCUT2D eigenvalue weighted by atomic mass is 9.93. The molecule has 2 aliphatic rings. The van der Waals surface area contributed by atoms with E-state index in [-0.39, 0.29) is 24.0 Å². The van der Waals surface area contributed by atoms with E-state index in [1.807, 2.05) is 43.3 Å². The molecule has 0 bridgehead atoms. The quantitative estimate of drug-likeness (QED) is 0.677. The Balaban J connectivity index is 1.71. The van der Waals surface area contributed by atoms with Crippen molar-refractivity contribution in [2.24, 2.45) is 5.10 Å². The van der Waals surface area contributed by atoms with Crippen LogP contribution in [-0.4, -0.2) is 56.0 Å². The van der Waals surface area contributed by atoms with E-state index < -0.39 is 0 Å². The van der Waals surface area contributed by atoms with Gasteiger partial charge in [0.2, 0.25) is 0 Å². The first-order chi connectivity index (χ1) is 16.9. The number of carbonyl (C=O) groups is 2. The molecule has 1 heterocycles. The molecule has 0 spiro atoms. The third-order valence-electron chi connectivity index (χ3n) is 6.79. The molecule has 1 unspecified atom stereocenters. The summed E-state index contributed by atoms with van der Waals surface area (Å²) >= 11 is 0. The highest BCUT2D eigenvalue weighted by Gasteiger charge is 2.28. The van der Waals surface area contributed by atoms with Crippen molar-refractivity contribution in [3.8, 4) is 11.5 Å². The highest BCUT2D eigenvalue weighted by Crippen LogP contribution is 2.34. The van der Waals surface area contributed by atoms with E-state index in [0.717, 1.165) is 42.4 Å². The summed E-state index contributed by atoms with van der Waals surface area (Å²) in [4.78, 5) is 25.4. The largest absolute Gasteiger partial charge is 0.493 e. The number of benzene rings is 2. The number of rotatable bonds is 5. The number of nitrogens with zero attached hydrogens (tertiary/aromatic N) is 2. The molecule has 1 aliphatic carbocycles. The van der Waals surface area contributed by atoms with Crippen LogP contribution in [0.3, 0.4) is 0 Å². The number of carbonyl (C=O) groups excluding carboxylic acids is 2. The van der Waals surface area contributed by atoms with Crippen molar-refractivity contribution in [2.45, 2.75) is 57.5 Å². The van der Waals surface area contributed by atoms with E-state index in [1.54, 1.807) is 21.3 Å². The second-order valence-corrected chi connectivity index (χ2v) is 9.15. The van der Waals surface area contributed by atoms with Gasteiger partial charge in [0.15, 0.2) is 11.5 Å². The van der Waals surface area contributed by atoms with Gasteiger partial charge in [-0.3, -0.25) is 4.79 Å². The minimum Gasteiger partial charge on any atom is -0.493 e. The minimum atomic E-state index is -0.287. The van der Waals surface area contributed by atoms with E-state index in [1.165, 1.54) is 11.4 Å². The van der Waals surface area contributed by atoms with Gasteiger partial charge in [-0.05, 0) is 56.0 Å². The van der Waals surface area contributed by atoms with Gasteiger partial charge in [-0.2, -0.15) is 5.10 Å². The molecule has 8 heteroatoms. The summed E-state index contributed by atoms with van der Waals surface area (Å²) in [7, 11) is 4.79. The van der Waals surface area contributed by atoms with Crippen LogP contribution < -0.4 is 20.1 Å². The summed E-state index contributed by atoms with van der Waals surface area (Å²) in [5.74, 6) is 1.16. The molecule has 0 radical (unpaired) electrons. The first kappa shape index (κ1) is 24.6. The van der Waals surface area contributed by atoms with E-state index in [2.05, 4.69) is 10.6 Å². The zero-order valence-electron chi connectivity index (χ0n) is 20.9. The van der Waals surface area contributed by atoms with E-state index in [0.29, 0.717) is 29.2 Å². The molecule has 3 amide bonds. The minimum absolute atomic E-state index is 0.0568. The summed E-state index contributed by atoms with van der Waals surface area (Å²) in [5, 5.41) is 12.1. The Hall–Kier alpha value is -3.55. The number of ether oxygens (including phenoxy) is 2. The van der Waals surface area contributed by atoms with Crippen molar-refractivity contribution in [3.05, 3.63) is 58.7 Å². The number of amides is 3. The lowest BCUT2D eigenvalue weighted by Gasteiger charge is -2.23. The van der Waals surface area contributed by atoms with E-state index >= 15 is 0 Å². The Labute approximate surface area is 206 Å². The fourth-order valence-electron chi connectivity index (χ4n) is 4.84. The van der Waals surface area contributed by atoms with Crippen LogP contribution in [0, 0.1) is 0 Å². The van der Waals surface area contributed by atoms with Gasteiger partial charge in [0, 0.05) is 29.8 Å². The number of urea groups is 1.